The molecular formula is C25H18O2. The van der Waals surface area contributed by atoms with Crippen LogP contribution >= 0.6 is 0 Å². The minimum Gasteiger partial charge on any atom is -0.508 e. The van der Waals surface area contributed by atoms with Crippen LogP contribution in [0.5, 0.6) is 11.5 Å². The van der Waals surface area contributed by atoms with Crippen molar-refractivity contribution < 1.29 is 10.2 Å². The second kappa shape index (κ2) is 6.03. The average Bonchev–Trinajstić information content (AvgIpc) is 3.06. The van der Waals surface area contributed by atoms with Crippen LogP contribution in [0.4, 0.5) is 0 Å². The molecule has 0 aromatic heterocycles. The molecule has 0 bridgehead atoms. The smallest absolute Gasteiger partial charge is 0.115 e. The average molecular weight is 350 g/mol. The molecule has 0 saturated heterocycles. The Morgan fingerprint density at radius 3 is 1.22 bits per heavy atom. The number of phenolic OH excluding ortho intramolecular Hbond substituents is 2. The van der Waals surface area contributed by atoms with Gasteiger partial charge in [0.15, 0.2) is 0 Å². The third kappa shape index (κ3) is 2.76. The number of phenols is 2. The van der Waals surface area contributed by atoms with Gasteiger partial charge in [0.2, 0.25) is 0 Å². The van der Waals surface area contributed by atoms with Gasteiger partial charge in [-0.1, -0.05) is 60.7 Å². The van der Waals surface area contributed by atoms with Crippen molar-refractivity contribution in [2.45, 2.75) is 6.42 Å². The van der Waals surface area contributed by atoms with Crippen molar-refractivity contribution in [2.75, 3.05) is 0 Å². The van der Waals surface area contributed by atoms with E-state index in [9.17, 15) is 10.2 Å². The largest absolute Gasteiger partial charge is 0.508 e. The summed E-state index contributed by atoms with van der Waals surface area (Å²) in [4.78, 5) is 0. The fourth-order valence-corrected chi connectivity index (χ4v) is 3.88. The Morgan fingerprint density at radius 1 is 0.444 bits per heavy atom. The standard InChI is InChI=1S/C25H18O2/c26-22-7-1-16(2-8-22)18-5-11-24-20(13-18)15-21-14-19(6-12-25(21)24)17-3-9-23(27)10-4-17/h1-14,26-27H,15H2. The lowest BCUT2D eigenvalue weighted by Crippen LogP contribution is -1.84. The first-order valence-corrected chi connectivity index (χ1v) is 9.02. The van der Waals surface area contributed by atoms with Gasteiger partial charge in [0.05, 0.1) is 0 Å². The van der Waals surface area contributed by atoms with E-state index in [1.165, 1.54) is 33.4 Å². The van der Waals surface area contributed by atoms with Gasteiger partial charge in [0, 0.05) is 0 Å². The third-order valence-corrected chi connectivity index (χ3v) is 5.28. The van der Waals surface area contributed by atoms with E-state index in [-0.39, 0.29) is 11.5 Å². The van der Waals surface area contributed by atoms with Gasteiger partial charge in [0.1, 0.15) is 11.5 Å². The van der Waals surface area contributed by atoms with E-state index in [1.807, 2.05) is 24.3 Å². The molecule has 5 rings (SSSR count). The fraction of sp³-hybridized carbons (Fsp3) is 0.0400. The summed E-state index contributed by atoms with van der Waals surface area (Å²) < 4.78 is 0. The highest BCUT2D eigenvalue weighted by Gasteiger charge is 2.19. The molecule has 4 aromatic carbocycles. The van der Waals surface area contributed by atoms with Crippen LogP contribution in [0.3, 0.4) is 0 Å². The second-order valence-electron chi connectivity index (χ2n) is 7.01. The van der Waals surface area contributed by atoms with Crippen LogP contribution in [0.15, 0.2) is 84.9 Å². The first-order valence-electron chi connectivity index (χ1n) is 9.02. The maximum absolute atomic E-state index is 9.50. The molecule has 4 aromatic rings. The van der Waals surface area contributed by atoms with E-state index >= 15 is 0 Å². The summed E-state index contributed by atoms with van der Waals surface area (Å²) in [6.07, 6.45) is 0.919. The van der Waals surface area contributed by atoms with Crippen molar-refractivity contribution in [3.8, 4) is 44.9 Å². The summed E-state index contributed by atoms with van der Waals surface area (Å²) >= 11 is 0. The lowest BCUT2D eigenvalue weighted by molar-refractivity contribution is 0.475. The molecule has 1 aliphatic rings. The van der Waals surface area contributed by atoms with E-state index < -0.39 is 0 Å². The lowest BCUT2D eigenvalue weighted by Gasteiger charge is -2.07. The number of hydrogen-bond acceptors (Lipinski definition) is 2. The summed E-state index contributed by atoms with van der Waals surface area (Å²) in [5, 5.41) is 19.0. The maximum Gasteiger partial charge on any atom is 0.115 e. The highest BCUT2D eigenvalue weighted by molar-refractivity contribution is 5.82. The lowest BCUT2D eigenvalue weighted by atomic mass is 9.98. The summed E-state index contributed by atoms with van der Waals surface area (Å²) in [5.74, 6) is 0.572. The Balaban J connectivity index is 1.51. The van der Waals surface area contributed by atoms with Gasteiger partial charge < -0.3 is 10.2 Å². The van der Waals surface area contributed by atoms with Gasteiger partial charge in [0.25, 0.3) is 0 Å². The van der Waals surface area contributed by atoms with Crippen LogP contribution in [-0.4, -0.2) is 10.2 Å². The zero-order chi connectivity index (χ0) is 18.4. The van der Waals surface area contributed by atoms with Crippen LogP contribution in [0.2, 0.25) is 0 Å². The zero-order valence-electron chi connectivity index (χ0n) is 14.7. The predicted octanol–water partition coefficient (Wildman–Crippen LogP) is 6.00. The van der Waals surface area contributed by atoms with E-state index in [2.05, 4.69) is 36.4 Å². The van der Waals surface area contributed by atoms with Gasteiger partial charge in [-0.05, 0) is 75.2 Å². The molecule has 0 atom stereocenters. The molecule has 0 amide bonds. The monoisotopic (exact) mass is 350 g/mol. The Morgan fingerprint density at radius 2 is 0.815 bits per heavy atom. The maximum atomic E-state index is 9.50. The molecule has 2 heteroatoms. The molecule has 2 N–H and O–H groups in total. The predicted molar refractivity (Wildman–Crippen MR) is 109 cm³/mol. The highest BCUT2D eigenvalue weighted by atomic mass is 16.3. The Hall–Kier alpha value is -3.52. The van der Waals surface area contributed by atoms with Crippen LogP contribution in [0.1, 0.15) is 11.1 Å². The number of hydrogen-bond donors (Lipinski definition) is 2. The van der Waals surface area contributed by atoms with Gasteiger partial charge >= 0.3 is 0 Å². The SMILES string of the molecule is Oc1ccc(-c2ccc3c(c2)Cc2cc(-c4ccc(O)cc4)ccc2-3)cc1. The molecular weight excluding hydrogens is 332 g/mol. The van der Waals surface area contributed by atoms with Gasteiger partial charge in [-0.2, -0.15) is 0 Å². The molecule has 0 aliphatic heterocycles. The fourth-order valence-electron chi connectivity index (χ4n) is 3.88. The molecule has 27 heavy (non-hydrogen) atoms. The van der Waals surface area contributed by atoms with Crippen LogP contribution in [-0.2, 0) is 6.42 Å². The number of fused-ring (bicyclic) bond motifs is 3. The topological polar surface area (TPSA) is 40.5 Å². The molecule has 0 saturated carbocycles. The van der Waals surface area contributed by atoms with Crippen molar-refractivity contribution in [3.63, 3.8) is 0 Å². The van der Waals surface area contributed by atoms with Crippen LogP contribution in [0, 0.1) is 0 Å². The van der Waals surface area contributed by atoms with Gasteiger partial charge in [-0.25, -0.2) is 0 Å². The molecule has 0 fully saturated rings. The summed E-state index contributed by atoms with van der Waals surface area (Å²) in [6.45, 7) is 0. The number of benzene rings is 4. The summed E-state index contributed by atoms with van der Waals surface area (Å²) in [7, 11) is 0. The van der Waals surface area contributed by atoms with E-state index in [0.29, 0.717) is 0 Å². The number of rotatable bonds is 2. The molecule has 2 nitrogen and oxygen atoms in total. The molecule has 0 unspecified atom stereocenters. The molecule has 0 radical (unpaired) electrons. The van der Waals surface area contributed by atoms with Crippen molar-refractivity contribution in [2.24, 2.45) is 0 Å². The van der Waals surface area contributed by atoms with Gasteiger partial charge in [-0.3, -0.25) is 0 Å². The van der Waals surface area contributed by atoms with Crippen LogP contribution in [0.25, 0.3) is 33.4 Å². The first kappa shape index (κ1) is 15.7. The van der Waals surface area contributed by atoms with Crippen molar-refractivity contribution in [1.82, 2.24) is 0 Å². The Labute approximate surface area is 158 Å². The molecule has 130 valence electrons. The van der Waals surface area contributed by atoms with E-state index in [1.54, 1.807) is 24.3 Å². The van der Waals surface area contributed by atoms with Crippen molar-refractivity contribution >= 4 is 0 Å². The Bertz CT molecular complexity index is 1050. The number of aromatic hydroxyl groups is 2. The minimum absolute atomic E-state index is 0.286. The summed E-state index contributed by atoms with van der Waals surface area (Å²) in [5.41, 5.74) is 9.81. The quantitative estimate of drug-likeness (QED) is 0.410. The molecule has 0 spiro atoms. The molecule has 0 heterocycles. The van der Waals surface area contributed by atoms with Crippen molar-refractivity contribution in [3.05, 3.63) is 96.1 Å². The third-order valence-electron chi connectivity index (χ3n) is 5.28. The first-order chi connectivity index (χ1) is 13.2. The molecule has 1 aliphatic carbocycles. The van der Waals surface area contributed by atoms with Gasteiger partial charge in [-0.15, -0.1) is 0 Å². The van der Waals surface area contributed by atoms with E-state index in [0.717, 1.165) is 17.5 Å². The highest BCUT2D eigenvalue weighted by Crippen LogP contribution is 2.40. The van der Waals surface area contributed by atoms with Crippen molar-refractivity contribution in [1.29, 1.82) is 0 Å². The minimum atomic E-state index is 0.286. The van der Waals surface area contributed by atoms with E-state index in [4.69, 9.17) is 0 Å². The zero-order valence-corrected chi connectivity index (χ0v) is 14.7. The normalized spacial score (nSPS) is 11.9. The summed E-state index contributed by atoms with van der Waals surface area (Å²) in [6, 6.07) is 27.9. The Kier molecular flexibility index (Phi) is 3.51. The second-order valence-corrected chi connectivity index (χ2v) is 7.01. The van der Waals surface area contributed by atoms with Crippen LogP contribution < -0.4 is 0 Å².